The van der Waals surface area contributed by atoms with Gasteiger partial charge < -0.3 is 9.84 Å². The molecule has 0 heterocycles. The molecule has 0 bridgehead atoms. The molecule has 0 aliphatic rings. The summed E-state index contributed by atoms with van der Waals surface area (Å²) in [5.41, 5.74) is 0.711. The zero-order valence-electron chi connectivity index (χ0n) is 9.82. The number of rotatable bonds is 4. The smallest absolute Gasteiger partial charge is 0.314 e. The molecule has 0 saturated heterocycles. The Balaban J connectivity index is 1.92. The zero-order chi connectivity index (χ0) is 12.8. The molecule has 0 amide bonds. The van der Waals surface area contributed by atoms with Crippen molar-refractivity contribution in [2.75, 3.05) is 0 Å². The van der Waals surface area contributed by atoms with Crippen LogP contribution in [0, 0.1) is 0 Å². The Kier molecular flexibility index (Phi) is 4.10. The van der Waals surface area contributed by atoms with Gasteiger partial charge in [-0.05, 0) is 17.7 Å². The lowest BCUT2D eigenvalue weighted by atomic mass is 10.1. The van der Waals surface area contributed by atoms with Gasteiger partial charge in [-0.25, -0.2) is 0 Å². The Morgan fingerprint density at radius 1 is 1.00 bits per heavy atom. The third-order valence-electron chi connectivity index (χ3n) is 2.52. The molecule has 3 nitrogen and oxygen atoms in total. The number of carbonyl (C=O) groups is 1. The first-order valence-electron chi connectivity index (χ1n) is 5.74. The molecule has 18 heavy (non-hydrogen) atoms. The lowest BCUT2D eigenvalue weighted by Crippen LogP contribution is -2.12. The topological polar surface area (TPSA) is 46.5 Å². The molecular formula is C15H14O3. The minimum Gasteiger partial charge on any atom is -0.426 e. The highest BCUT2D eigenvalue weighted by atomic mass is 16.5. The van der Waals surface area contributed by atoms with Crippen LogP contribution in [0.5, 0.6) is 5.75 Å². The van der Waals surface area contributed by atoms with E-state index in [-0.39, 0.29) is 6.42 Å². The normalized spacial score (nSPS) is 11.8. The molecule has 2 aromatic carbocycles. The van der Waals surface area contributed by atoms with E-state index in [4.69, 9.17) is 4.74 Å². The average Bonchev–Trinajstić information content (AvgIpc) is 2.40. The number of aliphatic hydroxyl groups excluding tert-OH is 1. The SMILES string of the molecule is O=C(C[C@@H](O)c1ccccc1)Oc1ccccc1. The van der Waals surface area contributed by atoms with Crippen LogP contribution >= 0.6 is 0 Å². The van der Waals surface area contributed by atoms with Crippen LogP contribution in [0.2, 0.25) is 0 Å². The van der Waals surface area contributed by atoms with Gasteiger partial charge in [0.2, 0.25) is 0 Å². The second kappa shape index (κ2) is 5.98. The maximum atomic E-state index is 11.6. The molecule has 0 aliphatic carbocycles. The van der Waals surface area contributed by atoms with Crippen molar-refractivity contribution in [3.05, 3.63) is 66.2 Å². The highest BCUT2D eigenvalue weighted by molar-refractivity contribution is 5.73. The van der Waals surface area contributed by atoms with Gasteiger partial charge in [-0.15, -0.1) is 0 Å². The lowest BCUT2D eigenvalue weighted by molar-refractivity contribution is -0.136. The number of carbonyl (C=O) groups excluding carboxylic acids is 1. The highest BCUT2D eigenvalue weighted by Crippen LogP contribution is 2.17. The van der Waals surface area contributed by atoms with Crippen molar-refractivity contribution in [3.8, 4) is 5.75 Å². The van der Waals surface area contributed by atoms with E-state index in [2.05, 4.69) is 0 Å². The molecule has 1 N–H and O–H groups in total. The Bertz CT molecular complexity index is 494. The van der Waals surface area contributed by atoms with E-state index in [0.29, 0.717) is 11.3 Å². The molecule has 2 rings (SSSR count). The summed E-state index contributed by atoms with van der Waals surface area (Å²) in [4.78, 5) is 11.6. The number of esters is 1. The Hall–Kier alpha value is -2.13. The van der Waals surface area contributed by atoms with Crippen LogP contribution < -0.4 is 4.74 Å². The summed E-state index contributed by atoms with van der Waals surface area (Å²) in [7, 11) is 0. The summed E-state index contributed by atoms with van der Waals surface area (Å²) < 4.78 is 5.11. The number of aliphatic hydroxyl groups is 1. The quantitative estimate of drug-likeness (QED) is 0.662. The average molecular weight is 242 g/mol. The van der Waals surface area contributed by atoms with Crippen molar-refractivity contribution in [1.82, 2.24) is 0 Å². The minimum atomic E-state index is -0.831. The summed E-state index contributed by atoms with van der Waals surface area (Å²) in [6.45, 7) is 0. The van der Waals surface area contributed by atoms with E-state index in [1.165, 1.54) is 0 Å². The fourth-order valence-electron chi connectivity index (χ4n) is 1.61. The summed E-state index contributed by atoms with van der Waals surface area (Å²) in [5, 5.41) is 9.87. The third kappa shape index (κ3) is 3.43. The summed E-state index contributed by atoms with van der Waals surface area (Å²) >= 11 is 0. The van der Waals surface area contributed by atoms with Gasteiger partial charge in [0.15, 0.2) is 0 Å². The molecule has 0 fully saturated rings. The van der Waals surface area contributed by atoms with Crippen LogP contribution in [-0.4, -0.2) is 11.1 Å². The van der Waals surface area contributed by atoms with Crippen molar-refractivity contribution < 1.29 is 14.6 Å². The molecule has 2 aromatic rings. The first-order chi connectivity index (χ1) is 8.75. The second-order valence-electron chi connectivity index (χ2n) is 3.92. The predicted octanol–water partition coefficient (Wildman–Crippen LogP) is 2.72. The molecule has 3 heteroatoms. The van der Waals surface area contributed by atoms with Crippen molar-refractivity contribution >= 4 is 5.97 Å². The van der Waals surface area contributed by atoms with Gasteiger partial charge in [-0.2, -0.15) is 0 Å². The fraction of sp³-hybridized carbons (Fsp3) is 0.133. The van der Waals surface area contributed by atoms with E-state index in [0.717, 1.165) is 0 Å². The van der Waals surface area contributed by atoms with Crippen molar-refractivity contribution in [3.63, 3.8) is 0 Å². The van der Waals surface area contributed by atoms with Crippen molar-refractivity contribution in [1.29, 1.82) is 0 Å². The van der Waals surface area contributed by atoms with Crippen LogP contribution in [0.15, 0.2) is 60.7 Å². The molecular weight excluding hydrogens is 228 g/mol. The lowest BCUT2D eigenvalue weighted by Gasteiger charge is -2.10. The molecule has 1 atom stereocenters. The Morgan fingerprint density at radius 2 is 1.56 bits per heavy atom. The number of benzene rings is 2. The minimum absolute atomic E-state index is 0.0566. The second-order valence-corrected chi connectivity index (χ2v) is 3.92. The molecule has 0 aromatic heterocycles. The first kappa shape index (κ1) is 12.3. The first-order valence-corrected chi connectivity index (χ1v) is 5.74. The van der Waals surface area contributed by atoms with Crippen LogP contribution in [0.4, 0.5) is 0 Å². The van der Waals surface area contributed by atoms with Gasteiger partial charge in [-0.3, -0.25) is 4.79 Å². The molecule has 0 saturated carbocycles. The van der Waals surface area contributed by atoms with Crippen molar-refractivity contribution in [2.45, 2.75) is 12.5 Å². The number of ether oxygens (including phenoxy) is 1. The van der Waals surface area contributed by atoms with E-state index in [1.807, 2.05) is 24.3 Å². The molecule has 0 aliphatic heterocycles. The Labute approximate surface area is 106 Å². The zero-order valence-corrected chi connectivity index (χ0v) is 9.82. The fourth-order valence-corrected chi connectivity index (χ4v) is 1.61. The molecule has 0 unspecified atom stereocenters. The molecule has 92 valence electrons. The molecule has 0 spiro atoms. The van der Waals surface area contributed by atoms with Gasteiger partial charge in [0.1, 0.15) is 5.75 Å². The third-order valence-corrected chi connectivity index (χ3v) is 2.52. The van der Waals surface area contributed by atoms with Gasteiger partial charge in [0, 0.05) is 0 Å². The maximum Gasteiger partial charge on any atom is 0.314 e. The van der Waals surface area contributed by atoms with E-state index in [1.54, 1.807) is 36.4 Å². The van der Waals surface area contributed by atoms with Gasteiger partial charge in [0.25, 0.3) is 0 Å². The van der Waals surface area contributed by atoms with E-state index >= 15 is 0 Å². The summed E-state index contributed by atoms with van der Waals surface area (Å²) in [6.07, 6.45) is -0.888. The highest BCUT2D eigenvalue weighted by Gasteiger charge is 2.14. The van der Waals surface area contributed by atoms with E-state index < -0.39 is 12.1 Å². The number of para-hydroxylation sites is 1. The number of hydrogen-bond acceptors (Lipinski definition) is 3. The van der Waals surface area contributed by atoms with Crippen molar-refractivity contribution in [2.24, 2.45) is 0 Å². The standard InChI is InChI=1S/C15H14O3/c16-14(12-7-3-1-4-8-12)11-15(17)18-13-9-5-2-6-10-13/h1-10,14,16H,11H2/t14-/m1/s1. The van der Waals surface area contributed by atoms with Crippen LogP contribution in [0.3, 0.4) is 0 Å². The van der Waals surface area contributed by atoms with Crippen LogP contribution in [0.25, 0.3) is 0 Å². The van der Waals surface area contributed by atoms with Crippen LogP contribution in [0.1, 0.15) is 18.1 Å². The summed E-state index contributed by atoms with van der Waals surface area (Å²) in [5.74, 6) is 0.0420. The van der Waals surface area contributed by atoms with Gasteiger partial charge in [0.05, 0.1) is 12.5 Å². The molecule has 0 radical (unpaired) electrons. The predicted molar refractivity (Wildman–Crippen MR) is 68.1 cm³/mol. The van der Waals surface area contributed by atoms with Gasteiger partial charge in [-0.1, -0.05) is 48.5 Å². The largest absolute Gasteiger partial charge is 0.426 e. The van der Waals surface area contributed by atoms with Gasteiger partial charge >= 0.3 is 5.97 Å². The monoisotopic (exact) mass is 242 g/mol. The number of hydrogen-bond donors (Lipinski definition) is 1. The van der Waals surface area contributed by atoms with E-state index in [9.17, 15) is 9.90 Å². The Morgan fingerprint density at radius 3 is 2.17 bits per heavy atom. The summed E-state index contributed by atoms with van der Waals surface area (Å²) in [6, 6.07) is 17.9. The maximum absolute atomic E-state index is 11.6. The van der Waals surface area contributed by atoms with Crippen LogP contribution in [-0.2, 0) is 4.79 Å².